The standard InChI is InChI=1S/C15H9BrF3N5/c16-8-2-1-3-9(6-8)21-15-23-12(7-20-24-15)22-11-5-4-10(17)13(18)14(11)19/h1-7H,(H2,21,22,23,24). The maximum Gasteiger partial charge on any atom is 0.249 e. The summed E-state index contributed by atoms with van der Waals surface area (Å²) in [6, 6.07) is 9.15. The molecule has 0 aliphatic heterocycles. The van der Waals surface area contributed by atoms with Gasteiger partial charge in [-0.1, -0.05) is 22.0 Å². The molecule has 0 radical (unpaired) electrons. The van der Waals surface area contributed by atoms with Gasteiger partial charge in [0.25, 0.3) is 0 Å². The molecule has 3 aromatic rings. The summed E-state index contributed by atoms with van der Waals surface area (Å²) >= 11 is 3.34. The van der Waals surface area contributed by atoms with Crippen LogP contribution in [0.25, 0.3) is 0 Å². The number of benzene rings is 2. The van der Waals surface area contributed by atoms with E-state index >= 15 is 0 Å². The molecule has 9 heteroatoms. The highest BCUT2D eigenvalue weighted by atomic mass is 79.9. The fraction of sp³-hybridized carbons (Fsp3) is 0. The zero-order chi connectivity index (χ0) is 17.1. The second-order valence-electron chi connectivity index (χ2n) is 4.65. The van der Waals surface area contributed by atoms with E-state index < -0.39 is 17.5 Å². The topological polar surface area (TPSA) is 62.7 Å². The molecule has 0 saturated carbocycles. The van der Waals surface area contributed by atoms with Crippen LogP contribution in [0, 0.1) is 17.5 Å². The average molecular weight is 396 g/mol. The highest BCUT2D eigenvalue weighted by Gasteiger charge is 2.14. The smallest absolute Gasteiger partial charge is 0.249 e. The predicted octanol–water partition coefficient (Wildman–Crippen LogP) is 4.54. The van der Waals surface area contributed by atoms with E-state index in [9.17, 15) is 13.2 Å². The molecule has 0 fully saturated rings. The van der Waals surface area contributed by atoms with Gasteiger partial charge in [-0.3, -0.25) is 0 Å². The number of hydrogen-bond donors (Lipinski definition) is 2. The molecule has 24 heavy (non-hydrogen) atoms. The molecule has 2 N–H and O–H groups in total. The van der Waals surface area contributed by atoms with Crippen LogP contribution in [0.15, 0.2) is 47.1 Å². The molecule has 0 unspecified atom stereocenters. The van der Waals surface area contributed by atoms with Crippen LogP contribution in [0.1, 0.15) is 0 Å². The van der Waals surface area contributed by atoms with E-state index in [2.05, 4.69) is 41.7 Å². The first-order valence-corrected chi connectivity index (χ1v) is 7.45. The summed E-state index contributed by atoms with van der Waals surface area (Å²) in [6.45, 7) is 0. The summed E-state index contributed by atoms with van der Waals surface area (Å²) in [7, 11) is 0. The van der Waals surface area contributed by atoms with Crippen molar-refractivity contribution in [1.82, 2.24) is 15.2 Å². The molecule has 0 saturated heterocycles. The maximum atomic E-state index is 13.7. The SMILES string of the molecule is Fc1ccc(Nc2cnnc(Nc3cccc(Br)c3)n2)c(F)c1F. The number of anilines is 4. The van der Waals surface area contributed by atoms with Crippen molar-refractivity contribution in [2.45, 2.75) is 0 Å². The Hall–Kier alpha value is -2.68. The fourth-order valence-electron chi connectivity index (χ4n) is 1.87. The molecular weight excluding hydrogens is 387 g/mol. The Bertz CT molecular complexity index is 891. The largest absolute Gasteiger partial charge is 0.336 e. The molecular formula is C15H9BrF3N5. The van der Waals surface area contributed by atoms with E-state index in [1.807, 2.05) is 12.1 Å². The van der Waals surface area contributed by atoms with Gasteiger partial charge in [-0.25, -0.2) is 13.2 Å². The van der Waals surface area contributed by atoms with Gasteiger partial charge < -0.3 is 10.6 Å². The minimum atomic E-state index is -1.56. The first-order valence-electron chi connectivity index (χ1n) is 6.66. The average Bonchev–Trinajstić information content (AvgIpc) is 2.56. The van der Waals surface area contributed by atoms with Crippen molar-refractivity contribution < 1.29 is 13.2 Å². The third-order valence-electron chi connectivity index (χ3n) is 2.94. The first kappa shape index (κ1) is 16.2. The van der Waals surface area contributed by atoms with Crippen molar-refractivity contribution in [3.05, 3.63) is 64.5 Å². The third kappa shape index (κ3) is 3.62. The lowest BCUT2D eigenvalue weighted by molar-refractivity contribution is 0.449. The lowest BCUT2D eigenvalue weighted by Crippen LogP contribution is -2.04. The highest BCUT2D eigenvalue weighted by molar-refractivity contribution is 9.10. The Morgan fingerprint density at radius 1 is 0.958 bits per heavy atom. The minimum Gasteiger partial charge on any atom is -0.336 e. The number of nitrogens with zero attached hydrogens (tertiary/aromatic N) is 3. The number of nitrogens with one attached hydrogen (secondary N) is 2. The first-order chi connectivity index (χ1) is 11.5. The zero-order valence-electron chi connectivity index (χ0n) is 11.9. The van der Waals surface area contributed by atoms with Crippen molar-refractivity contribution in [2.75, 3.05) is 10.6 Å². The van der Waals surface area contributed by atoms with Crippen LogP contribution in [0.2, 0.25) is 0 Å². The molecule has 122 valence electrons. The molecule has 0 aliphatic carbocycles. The van der Waals surface area contributed by atoms with Crippen LogP contribution in [0.5, 0.6) is 0 Å². The van der Waals surface area contributed by atoms with Gasteiger partial charge in [0.2, 0.25) is 5.95 Å². The predicted molar refractivity (Wildman–Crippen MR) is 86.9 cm³/mol. The van der Waals surface area contributed by atoms with E-state index in [0.29, 0.717) is 5.69 Å². The van der Waals surface area contributed by atoms with Gasteiger partial charge >= 0.3 is 0 Å². The normalized spacial score (nSPS) is 10.5. The summed E-state index contributed by atoms with van der Waals surface area (Å²) < 4.78 is 40.7. The quantitative estimate of drug-likeness (QED) is 0.635. The van der Waals surface area contributed by atoms with Crippen LogP contribution in [0.3, 0.4) is 0 Å². The van der Waals surface area contributed by atoms with Crippen molar-refractivity contribution >= 4 is 39.1 Å². The summed E-state index contributed by atoms with van der Waals surface area (Å²) in [6.07, 6.45) is 1.23. The van der Waals surface area contributed by atoms with Crippen molar-refractivity contribution in [3.63, 3.8) is 0 Å². The number of aromatic nitrogens is 3. The fourth-order valence-corrected chi connectivity index (χ4v) is 2.27. The van der Waals surface area contributed by atoms with Gasteiger partial charge in [0.1, 0.15) is 0 Å². The van der Waals surface area contributed by atoms with Crippen molar-refractivity contribution in [2.24, 2.45) is 0 Å². The van der Waals surface area contributed by atoms with Gasteiger partial charge in [0, 0.05) is 10.2 Å². The number of halogens is 4. The Labute approximate surface area is 143 Å². The van der Waals surface area contributed by atoms with Crippen LogP contribution in [0.4, 0.5) is 36.3 Å². The van der Waals surface area contributed by atoms with Gasteiger partial charge in [-0.2, -0.15) is 10.1 Å². The number of rotatable bonds is 4. The van der Waals surface area contributed by atoms with Crippen molar-refractivity contribution in [1.29, 1.82) is 0 Å². The summed E-state index contributed by atoms with van der Waals surface area (Å²) in [4.78, 5) is 4.09. The highest BCUT2D eigenvalue weighted by Crippen LogP contribution is 2.23. The summed E-state index contributed by atoms with van der Waals surface area (Å²) in [5.74, 6) is -3.89. The summed E-state index contributed by atoms with van der Waals surface area (Å²) in [5.41, 5.74) is 0.449. The summed E-state index contributed by atoms with van der Waals surface area (Å²) in [5, 5.41) is 13.0. The lowest BCUT2D eigenvalue weighted by atomic mass is 10.3. The number of hydrogen-bond acceptors (Lipinski definition) is 5. The van der Waals surface area contributed by atoms with Crippen LogP contribution >= 0.6 is 15.9 Å². The molecule has 5 nitrogen and oxygen atoms in total. The van der Waals surface area contributed by atoms with E-state index in [4.69, 9.17) is 0 Å². The molecule has 1 aromatic heterocycles. The van der Waals surface area contributed by atoms with Gasteiger partial charge in [0.15, 0.2) is 23.3 Å². The van der Waals surface area contributed by atoms with Crippen molar-refractivity contribution in [3.8, 4) is 0 Å². The van der Waals surface area contributed by atoms with Gasteiger partial charge in [-0.05, 0) is 30.3 Å². The molecule has 0 aliphatic rings. The van der Waals surface area contributed by atoms with E-state index in [-0.39, 0.29) is 17.5 Å². The Morgan fingerprint density at radius 2 is 1.79 bits per heavy atom. The van der Waals surface area contributed by atoms with Crippen LogP contribution in [-0.2, 0) is 0 Å². The van der Waals surface area contributed by atoms with Gasteiger partial charge in [-0.15, -0.1) is 5.10 Å². The lowest BCUT2D eigenvalue weighted by Gasteiger charge is -2.09. The van der Waals surface area contributed by atoms with E-state index in [1.165, 1.54) is 6.20 Å². The molecule has 1 heterocycles. The molecule has 2 aromatic carbocycles. The molecule has 0 amide bonds. The van der Waals surface area contributed by atoms with E-state index in [0.717, 1.165) is 16.6 Å². The van der Waals surface area contributed by atoms with Gasteiger partial charge in [0.05, 0.1) is 11.9 Å². The monoisotopic (exact) mass is 395 g/mol. The maximum absolute atomic E-state index is 13.7. The Balaban J connectivity index is 1.82. The molecule has 0 atom stereocenters. The van der Waals surface area contributed by atoms with Crippen LogP contribution < -0.4 is 10.6 Å². The Morgan fingerprint density at radius 3 is 2.58 bits per heavy atom. The zero-order valence-corrected chi connectivity index (χ0v) is 13.5. The second-order valence-corrected chi connectivity index (χ2v) is 5.56. The minimum absolute atomic E-state index is 0.118. The third-order valence-corrected chi connectivity index (χ3v) is 3.43. The Kier molecular flexibility index (Phi) is 4.61. The second kappa shape index (κ2) is 6.83. The molecule has 0 bridgehead atoms. The molecule has 3 rings (SSSR count). The van der Waals surface area contributed by atoms with Crippen LogP contribution in [-0.4, -0.2) is 15.2 Å². The van der Waals surface area contributed by atoms with E-state index in [1.54, 1.807) is 12.1 Å². The molecule has 0 spiro atoms.